The molecule has 0 saturated carbocycles. The Labute approximate surface area is 125 Å². The summed E-state index contributed by atoms with van der Waals surface area (Å²) in [7, 11) is 0. The minimum absolute atomic E-state index is 0.0527. The van der Waals surface area contributed by atoms with Crippen LogP contribution in [0.4, 0.5) is 0 Å². The predicted octanol–water partition coefficient (Wildman–Crippen LogP) is 2.21. The van der Waals surface area contributed by atoms with Crippen molar-refractivity contribution in [1.29, 1.82) is 0 Å². The van der Waals surface area contributed by atoms with E-state index in [-0.39, 0.29) is 12.5 Å². The van der Waals surface area contributed by atoms with Gasteiger partial charge in [-0.05, 0) is 43.4 Å². The number of aliphatic hydroxyl groups excluding tert-OH is 1. The SMILES string of the molecule is CSC(C)CCNC(=O)c1ccc(C#CCO)c(C)c1. The highest BCUT2D eigenvalue weighted by Gasteiger charge is 2.07. The molecule has 0 fully saturated rings. The van der Waals surface area contributed by atoms with Crippen molar-refractivity contribution in [2.45, 2.75) is 25.5 Å². The van der Waals surface area contributed by atoms with Crippen LogP contribution in [0.5, 0.6) is 0 Å². The summed E-state index contributed by atoms with van der Waals surface area (Å²) in [5, 5.41) is 12.2. The smallest absolute Gasteiger partial charge is 0.251 e. The third kappa shape index (κ3) is 5.28. The number of carbonyl (C=O) groups excluding carboxylic acids is 1. The molecule has 0 spiro atoms. The van der Waals surface area contributed by atoms with Gasteiger partial charge in [0.25, 0.3) is 5.91 Å². The number of amides is 1. The Kier molecular flexibility index (Phi) is 7.21. The van der Waals surface area contributed by atoms with Crippen LogP contribution in [0.2, 0.25) is 0 Å². The minimum Gasteiger partial charge on any atom is -0.384 e. The number of hydrogen-bond acceptors (Lipinski definition) is 3. The van der Waals surface area contributed by atoms with Gasteiger partial charge in [0.05, 0.1) is 0 Å². The number of thioether (sulfide) groups is 1. The van der Waals surface area contributed by atoms with Gasteiger partial charge in [0, 0.05) is 22.9 Å². The zero-order chi connectivity index (χ0) is 15.0. The van der Waals surface area contributed by atoms with Crippen molar-refractivity contribution in [3.05, 3.63) is 34.9 Å². The highest BCUT2D eigenvalue weighted by Crippen LogP contribution is 2.11. The summed E-state index contributed by atoms with van der Waals surface area (Å²) >= 11 is 1.80. The van der Waals surface area contributed by atoms with Gasteiger partial charge in [0.1, 0.15) is 6.61 Å². The molecular weight excluding hydrogens is 270 g/mol. The van der Waals surface area contributed by atoms with E-state index in [0.717, 1.165) is 17.5 Å². The number of hydrogen-bond donors (Lipinski definition) is 2. The van der Waals surface area contributed by atoms with Gasteiger partial charge in [-0.2, -0.15) is 11.8 Å². The van der Waals surface area contributed by atoms with Crippen LogP contribution in [-0.2, 0) is 0 Å². The average Bonchev–Trinajstić information content (AvgIpc) is 2.45. The van der Waals surface area contributed by atoms with E-state index < -0.39 is 0 Å². The Morgan fingerprint density at radius 3 is 2.85 bits per heavy atom. The van der Waals surface area contributed by atoms with Crippen LogP contribution in [0, 0.1) is 18.8 Å². The third-order valence-electron chi connectivity index (χ3n) is 3.03. The van der Waals surface area contributed by atoms with E-state index in [9.17, 15) is 4.79 Å². The van der Waals surface area contributed by atoms with Crippen LogP contribution in [-0.4, -0.2) is 35.7 Å². The van der Waals surface area contributed by atoms with E-state index in [0.29, 0.717) is 17.4 Å². The average molecular weight is 291 g/mol. The summed E-state index contributed by atoms with van der Waals surface area (Å²) in [6.07, 6.45) is 3.04. The molecule has 1 aromatic carbocycles. The lowest BCUT2D eigenvalue weighted by Gasteiger charge is -2.10. The van der Waals surface area contributed by atoms with E-state index in [1.54, 1.807) is 17.8 Å². The van der Waals surface area contributed by atoms with Crippen LogP contribution < -0.4 is 5.32 Å². The molecular formula is C16H21NO2S. The molecule has 108 valence electrons. The van der Waals surface area contributed by atoms with Gasteiger partial charge in [-0.1, -0.05) is 18.8 Å². The maximum atomic E-state index is 12.0. The Morgan fingerprint density at radius 1 is 1.50 bits per heavy atom. The molecule has 1 rings (SSSR count). The van der Waals surface area contributed by atoms with Gasteiger partial charge in [0.15, 0.2) is 0 Å². The quantitative estimate of drug-likeness (QED) is 0.818. The zero-order valence-electron chi connectivity index (χ0n) is 12.2. The van der Waals surface area contributed by atoms with Gasteiger partial charge >= 0.3 is 0 Å². The molecule has 3 nitrogen and oxygen atoms in total. The molecule has 1 amide bonds. The Morgan fingerprint density at radius 2 is 2.25 bits per heavy atom. The first kappa shape index (κ1) is 16.6. The fourth-order valence-corrected chi connectivity index (χ4v) is 2.04. The van der Waals surface area contributed by atoms with E-state index in [1.165, 1.54) is 0 Å². The topological polar surface area (TPSA) is 49.3 Å². The van der Waals surface area contributed by atoms with Crippen LogP contribution in [0.15, 0.2) is 18.2 Å². The zero-order valence-corrected chi connectivity index (χ0v) is 13.0. The molecule has 1 unspecified atom stereocenters. The van der Waals surface area contributed by atoms with Crippen molar-refractivity contribution in [1.82, 2.24) is 5.32 Å². The maximum absolute atomic E-state index is 12.0. The molecule has 0 aliphatic rings. The second-order valence-electron chi connectivity index (χ2n) is 4.58. The van der Waals surface area contributed by atoms with Gasteiger partial charge in [-0.3, -0.25) is 4.79 Å². The van der Waals surface area contributed by atoms with Crippen molar-refractivity contribution < 1.29 is 9.90 Å². The Bertz CT molecular complexity index is 517. The molecule has 0 aliphatic heterocycles. The first-order valence-electron chi connectivity index (χ1n) is 6.60. The van der Waals surface area contributed by atoms with Gasteiger partial charge < -0.3 is 10.4 Å². The summed E-state index contributed by atoms with van der Waals surface area (Å²) in [5.74, 6) is 5.42. The summed E-state index contributed by atoms with van der Waals surface area (Å²) in [5.41, 5.74) is 2.43. The van der Waals surface area contributed by atoms with Crippen LogP contribution in [0.25, 0.3) is 0 Å². The molecule has 0 heterocycles. The van der Waals surface area contributed by atoms with Gasteiger partial charge in [-0.15, -0.1) is 0 Å². The van der Waals surface area contributed by atoms with Gasteiger partial charge in [-0.25, -0.2) is 0 Å². The van der Waals surface area contributed by atoms with Crippen molar-refractivity contribution in [2.75, 3.05) is 19.4 Å². The van der Waals surface area contributed by atoms with Crippen LogP contribution >= 0.6 is 11.8 Å². The summed E-state index contributed by atoms with van der Waals surface area (Å²) < 4.78 is 0. The highest BCUT2D eigenvalue weighted by molar-refractivity contribution is 7.99. The number of aliphatic hydroxyl groups is 1. The van der Waals surface area contributed by atoms with E-state index >= 15 is 0 Å². The number of benzene rings is 1. The lowest BCUT2D eigenvalue weighted by Crippen LogP contribution is -2.26. The lowest BCUT2D eigenvalue weighted by molar-refractivity contribution is 0.0953. The first-order valence-corrected chi connectivity index (χ1v) is 7.88. The van der Waals surface area contributed by atoms with E-state index in [2.05, 4.69) is 30.3 Å². The fraction of sp³-hybridized carbons (Fsp3) is 0.438. The molecule has 1 aromatic rings. The highest BCUT2D eigenvalue weighted by atomic mass is 32.2. The molecule has 0 bridgehead atoms. The van der Waals surface area contributed by atoms with Crippen molar-refractivity contribution in [2.24, 2.45) is 0 Å². The number of carbonyl (C=O) groups is 1. The van der Waals surface area contributed by atoms with Crippen molar-refractivity contribution in [3.8, 4) is 11.8 Å². The maximum Gasteiger partial charge on any atom is 0.251 e. The van der Waals surface area contributed by atoms with Crippen LogP contribution in [0.1, 0.15) is 34.8 Å². The van der Waals surface area contributed by atoms with Crippen molar-refractivity contribution >= 4 is 17.7 Å². The fourth-order valence-electron chi connectivity index (χ4n) is 1.69. The standard InChI is InChI=1S/C16H21NO2S/c1-12-11-15(7-6-14(12)5-4-10-18)16(19)17-9-8-13(2)20-3/h6-7,11,13,18H,8-10H2,1-3H3,(H,17,19). The largest absolute Gasteiger partial charge is 0.384 e. The summed E-state index contributed by atoms with van der Waals surface area (Å²) in [6.45, 7) is 4.59. The second-order valence-corrected chi connectivity index (χ2v) is 5.86. The molecule has 0 radical (unpaired) electrons. The normalized spacial score (nSPS) is 11.4. The number of aryl methyl sites for hydroxylation is 1. The molecule has 0 aromatic heterocycles. The molecule has 20 heavy (non-hydrogen) atoms. The minimum atomic E-state index is -0.157. The van der Waals surface area contributed by atoms with Gasteiger partial charge in [0.2, 0.25) is 0 Å². The first-order chi connectivity index (χ1) is 9.58. The van der Waals surface area contributed by atoms with Crippen molar-refractivity contribution in [3.63, 3.8) is 0 Å². The third-order valence-corrected chi connectivity index (χ3v) is 4.07. The van der Waals surface area contributed by atoms with E-state index in [4.69, 9.17) is 5.11 Å². The predicted molar refractivity (Wildman–Crippen MR) is 85.1 cm³/mol. The monoisotopic (exact) mass is 291 g/mol. The number of nitrogens with one attached hydrogen (secondary N) is 1. The summed E-state index contributed by atoms with van der Waals surface area (Å²) in [6, 6.07) is 5.41. The molecule has 0 aliphatic carbocycles. The number of rotatable bonds is 5. The van der Waals surface area contributed by atoms with Crippen LogP contribution in [0.3, 0.4) is 0 Å². The lowest BCUT2D eigenvalue weighted by atomic mass is 10.0. The molecule has 4 heteroatoms. The molecule has 2 N–H and O–H groups in total. The molecule has 1 atom stereocenters. The second kappa shape index (κ2) is 8.68. The summed E-state index contributed by atoms with van der Waals surface area (Å²) in [4.78, 5) is 12.0. The Balaban J connectivity index is 2.63. The molecule has 0 saturated heterocycles. The Hall–Kier alpha value is -1.44. The van der Waals surface area contributed by atoms with E-state index in [1.807, 2.05) is 19.1 Å².